The number of benzene rings is 1. The second-order valence-electron chi connectivity index (χ2n) is 5.30. The molecule has 0 N–H and O–H groups in total. The Labute approximate surface area is 123 Å². The van der Waals surface area contributed by atoms with Gasteiger partial charge in [0.1, 0.15) is 0 Å². The van der Waals surface area contributed by atoms with Gasteiger partial charge in [-0.15, -0.1) is 0 Å². The van der Waals surface area contributed by atoms with E-state index in [9.17, 15) is 4.39 Å². The molecular weight excluding hydrogens is 309 g/mol. The summed E-state index contributed by atoms with van der Waals surface area (Å²) < 4.78 is 19.7. The molecule has 0 aromatic heterocycles. The molecule has 1 aliphatic rings. The van der Waals surface area contributed by atoms with E-state index in [-0.39, 0.29) is 5.82 Å². The quantitative estimate of drug-likeness (QED) is 0.754. The van der Waals surface area contributed by atoms with Crippen molar-refractivity contribution in [2.45, 2.75) is 26.2 Å². The molecule has 1 fully saturated rings. The first-order valence-electron chi connectivity index (χ1n) is 6.95. The summed E-state index contributed by atoms with van der Waals surface area (Å²) in [5, 5.41) is 0. The molecule has 0 bridgehead atoms. The highest BCUT2D eigenvalue weighted by Crippen LogP contribution is 2.21. The van der Waals surface area contributed by atoms with E-state index in [1.807, 2.05) is 0 Å². The van der Waals surface area contributed by atoms with Crippen LogP contribution in [0.4, 0.5) is 4.39 Å². The molecule has 1 aromatic rings. The lowest BCUT2D eigenvalue weighted by Gasteiger charge is -2.30. The van der Waals surface area contributed by atoms with Gasteiger partial charge in [-0.2, -0.15) is 0 Å². The molecule has 0 saturated carbocycles. The fourth-order valence-corrected chi connectivity index (χ4v) is 2.68. The third-order valence-corrected chi connectivity index (χ3v) is 4.14. The zero-order valence-electron chi connectivity index (χ0n) is 11.4. The Kier molecular flexibility index (Phi) is 5.64. The van der Waals surface area contributed by atoms with Crippen LogP contribution < -0.4 is 4.74 Å². The van der Waals surface area contributed by atoms with Crippen LogP contribution >= 0.6 is 15.9 Å². The van der Waals surface area contributed by atoms with E-state index in [1.165, 1.54) is 32.0 Å². The highest BCUT2D eigenvalue weighted by Gasteiger charge is 2.14. The SMILES string of the molecule is CC1CCN(CCCOc2ccc(Br)cc2F)CC1. The van der Waals surface area contributed by atoms with Crippen molar-refractivity contribution < 1.29 is 9.13 Å². The Bertz CT molecular complexity index is 405. The maximum absolute atomic E-state index is 13.5. The van der Waals surface area contributed by atoms with Crippen LogP contribution in [0.3, 0.4) is 0 Å². The summed E-state index contributed by atoms with van der Waals surface area (Å²) in [7, 11) is 0. The van der Waals surface area contributed by atoms with Crippen molar-refractivity contribution >= 4 is 15.9 Å². The normalized spacial score (nSPS) is 17.6. The van der Waals surface area contributed by atoms with E-state index in [2.05, 4.69) is 27.8 Å². The molecular formula is C15H21BrFNO. The molecule has 1 aliphatic heterocycles. The summed E-state index contributed by atoms with van der Waals surface area (Å²) in [6, 6.07) is 4.90. The second kappa shape index (κ2) is 7.25. The van der Waals surface area contributed by atoms with Gasteiger partial charge >= 0.3 is 0 Å². The molecule has 0 atom stereocenters. The van der Waals surface area contributed by atoms with Crippen molar-refractivity contribution in [1.82, 2.24) is 4.90 Å². The maximum atomic E-state index is 13.5. The van der Waals surface area contributed by atoms with Crippen molar-refractivity contribution in [2.24, 2.45) is 5.92 Å². The fourth-order valence-electron chi connectivity index (χ4n) is 2.35. The van der Waals surface area contributed by atoms with Gasteiger partial charge in [0.2, 0.25) is 0 Å². The topological polar surface area (TPSA) is 12.5 Å². The van der Waals surface area contributed by atoms with Crippen LogP contribution in [-0.2, 0) is 0 Å². The average molecular weight is 330 g/mol. The van der Waals surface area contributed by atoms with E-state index in [4.69, 9.17) is 4.74 Å². The van der Waals surface area contributed by atoms with Crippen molar-refractivity contribution in [3.05, 3.63) is 28.5 Å². The van der Waals surface area contributed by atoms with Gasteiger partial charge in [0, 0.05) is 11.0 Å². The van der Waals surface area contributed by atoms with Crippen LogP contribution in [0.25, 0.3) is 0 Å². The molecule has 2 rings (SSSR count). The molecule has 1 aromatic carbocycles. The van der Waals surface area contributed by atoms with Crippen LogP contribution in [0, 0.1) is 11.7 Å². The molecule has 1 saturated heterocycles. The number of nitrogens with zero attached hydrogens (tertiary/aromatic N) is 1. The van der Waals surface area contributed by atoms with E-state index >= 15 is 0 Å². The summed E-state index contributed by atoms with van der Waals surface area (Å²) in [6.45, 7) is 6.31. The van der Waals surface area contributed by atoms with Gasteiger partial charge < -0.3 is 9.64 Å². The van der Waals surface area contributed by atoms with E-state index in [0.29, 0.717) is 12.4 Å². The summed E-state index contributed by atoms with van der Waals surface area (Å²) in [6.07, 6.45) is 3.54. The second-order valence-corrected chi connectivity index (χ2v) is 6.22. The number of hydrogen-bond acceptors (Lipinski definition) is 2. The molecule has 1 heterocycles. The smallest absolute Gasteiger partial charge is 0.166 e. The Morgan fingerprint density at radius 2 is 2.11 bits per heavy atom. The lowest BCUT2D eigenvalue weighted by atomic mass is 9.99. The van der Waals surface area contributed by atoms with Crippen molar-refractivity contribution in [1.29, 1.82) is 0 Å². The van der Waals surface area contributed by atoms with Gasteiger partial charge in [-0.05, 0) is 56.5 Å². The number of halogens is 2. The highest BCUT2D eigenvalue weighted by molar-refractivity contribution is 9.10. The number of hydrogen-bond donors (Lipinski definition) is 0. The summed E-state index contributed by atoms with van der Waals surface area (Å²) in [4.78, 5) is 2.47. The van der Waals surface area contributed by atoms with Crippen molar-refractivity contribution in [2.75, 3.05) is 26.2 Å². The number of likely N-dealkylation sites (tertiary alicyclic amines) is 1. The van der Waals surface area contributed by atoms with E-state index < -0.39 is 0 Å². The first-order chi connectivity index (χ1) is 9.15. The number of rotatable bonds is 5. The van der Waals surface area contributed by atoms with Gasteiger partial charge in [-0.25, -0.2) is 4.39 Å². The zero-order chi connectivity index (χ0) is 13.7. The predicted molar refractivity (Wildman–Crippen MR) is 79.1 cm³/mol. The predicted octanol–water partition coefficient (Wildman–Crippen LogP) is 4.09. The molecule has 0 amide bonds. The summed E-state index contributed by atoms with van der Waals surface area (Å²) >= 11 is 3.23. The molecule has 0 spiro atoms. The molecule has 0 aliphatic carbocycles. The average Bonchev–Trinajstić information content (AvgIpc) is 2.39. The summed E-state index contributed by atoms with van der Waals surface area (Å²) in [5.74, 6) is 0.904. The molecule has 4 heteroatoms. The Balaban J connectivity index is 1.66. The van der Waals surface area contributed by atoms with Gasteiger partial charge in [0.15, 0.2) is 11.6 Å². The monoisotopic (exact) mass is 329 g/mol. The van der Waals surface area contributed by atoms with Crippen LogP contribution in [0.15, 0.2) is 22.7 Å². The zero-order valence-corrected chi connectivity index (χ0v) is 13.0. The minimum atomic E-state index is -0.304. The lowest BCUT2D eigenvalue weighted by Crippen LogP contribution is -2.34. The van der Waals surface area contributed by atoms with Gasteiger partial charge in [0.05, 0.1) is 6.61 Å². The van der Waals surface area contributed by atoms with E-state index in [0.717, 1.165) is 23.4 Å². The molecule has 106 valence electrons. The van der Waals surface area contributed by atoms with Gasteiger partial charge in [0.25, 0.3) is 0 Å². The molecule has 2 nitrogen and oxygen atoms in total. The Morgan fingerprint density at radius 3 is 2.79 bits per heavy atom. The van der Waals surface area contributed by atoms with Gasteiger partial charge in [-0.3, -0.25) is 0 Å². The maximum Gasteiger partial charge on any atom is 0.166 e. The molecule has 0 unspecified atom stereocenters. The lowest BCUT2D eigenvalue weighted by molar-refractivity contribution is 0.176. The third kappa shape index (κ3) is 4.77. The van der Waals surface area contributed by atoms with Crippen LogP contribution in [0.5, 0.6) is 5.75 Å². The largest absolute Gasteiger partial charge is 0.490 e. The minimum absolute atomic E-state index is 0.304. The first kappa shape index (κ1) is 14.8. The van der Waals surface area contributed by atoms with Gasteiger partial charge in [-0.1, -0.05) is 22.9 Å². The number of ether oxygens (including phenoxy) is 1. The number of piperidine rings is 1. The highest BCUT2D eigenvalue weighted by atomic mass is 79.9. The Hall–Kier alpha value is -0.610. The van der Waals surface area contributed by atoms with Crippen molar-refractivity contribution in [3.8, 4) is 5.75 Å². The molecule has 19 heavy (non-hydrogen) atoms. The third-order valence-electron chi connectivity index (χ3n) is 3.65. The van der Waals surface area contributed by atoms with Crippen LogP contribution in [0.1, 0.15) is 26.2 Å². The summed E-state index contributed by atoms with van der Waals surface area (Å²) in [5.41, 5.74) is 0. The fraction of sp³-hybridized carbons (Fsp3) is 0.600. The van der Waals surface area contributed by atoms with Crippen LogP contribution in [-0.4, -0.2) is 31.1 Å². The molecule has 0 radical (unpaired) electrons. The standard InChI is InChI=1S/C15H21BrFNO/c1-12-5-8-18(9-6-12)7-2-10-19-15-4-3-13(16)11-14(15)17/h3-4,11-12H,2,5-10H2,1H3. The van der Waals surface area contributed by atoms with E-state index in [1.54, 1.807) is 12.1 Å². The first-order valence-corrected chi connectivity index (χ1v) is 7.74. The minimum Gasteiger partial charge on any atom is -0.490 e. The van der Waals surface area contributed by atoms with Crippen LogP contribution in [0.2, 0.25) is 0 Å². The van der Waals surface area contributed by atoms with Crippen molar-refractivity contribution in [3.63, 3.8) is 0 Å². The Morgan fingerprint density at radius 1 is 1.37 bits per heavy atom.